The van der Waals surface area contributed by atoms with Gasteiger partial charge >= 0.3 is 0 Å². The molecule has 0 saturated carbocycles. The lowest BCUT2D eigenvalue weighted by Gasteiger charge is -1.95. The van der Waals surface area contributed by atoms with Crippen LogP contribution in [0.1, 0.15) is 11.4 Å². The van der Waals surface area contributed by atoms with Crippen molar-refractivity contribution < 1.29 is 4.52 Å². The Hall–Kier alpha value is -1.58. The molecular formula is C9H11N3O. The maximum Gasteiger partial charge on any atom is 0.170 e. The van der Waals surface area contributed by atoms with Crippen LogP contribution in [-0.4, -0.2) is 14.9 Å². The van der Waals surface area contributed by atoms with Crippen LogP contribution in [0.25, 0.3) is 11.3 Å². The van der Waals surface area contributed by atoms with Gasteiger partial charge in [-0.15, -0.1) is 0 Å². The van der Waals surface area contributed by atoms with E-state index in [2.05, 4.69) is 10.3 Å². The Bertz CT molecular complexity index is 414. The summed E-state index contributed by atoms with van der Waals surface area (Å²) in [6.07, 6.45) is 1.64. The Labute approximate surface area is 76.2 Å². The first-order valence-corrected chi connectivity index (χ1v) is 4.11. The number of hydrogen-bond donors (Lipinski definition) is 0. The maximum absolute atomic E-state index is 5.09. The minimum Gasteiger partial charge on any atom is -0.356 e. The molecule has 0 unspecified atom stereocenters. The third-order valence-corrected chi connectivity index (χ3v) is 2.19. The van der Waals surface area contributed by atoms with Crippen molar-refractivity contribution >= 4 is 0 Å². The van der Waals surface area contributed by atoms with Crippen molar-refractivity contribution in [3.8, 4) is 11.3 Å². The summed E-state index contributed by atoms with van der Waals surface area (Å²) in [5, 5.41) is 7.97. The second-order valence-corrected chi connectivity index (χ2v) is 3.05. The zero-order chi connectivity index (χ0) is 9.42. The second kappa shape index (κ2) is 2.73. The molecule has 0 aliphatic heterocycles. The first-order valence-electron chi connectivity index (χ1n) is 4.11. The Morgan fingerprint density at radius 3 is 2.62 bits per heavy atom. The van der Waals surface area contributed by atoms with Gasteiger partial charge < -0.3 is 4.52 Å². The lowest BCUT2D eigenvalue weighted by molar-refractivity contribution is 0.432. The van der Waals surface area contributed by atoms with Gasteiger partial charge in [0.15, 0.2) is 5.76 Å². The summed E-state index contributed by atoms with van der Waals surface area (Å²) in [4.78, 5) is 0. The van der Waals surface area contributed by atoms with E-state index in [0.29, 0.717) is 0 Å². The number of hydrogen-bond acceptors (Lipinski definition) is 3. The summed E-state index contributed by atoms with van der Waals surface area (Å²) < 4.78 is 6.93. The van der Waals surface area contributed by atoms with Gasteiger partial charge in [0.25, 0.3) is 0 Å². The van der Waals surface area contributed by atoms with E-state index in [0.717, 1.165) is 22.7 Å². The molecule has 4 nitrogen and oxygen atoms in total. The van der Waals surface area contributed by atoms with Crippen LogP contribution < -0.4 is 0 Å². The topological polar surface area (TPSA) is 43.9 Å². The lowest BCUT2D eigenvalue weighted by Crippen LogP contribution is -1.92. The van der Waals surface area contributed by atoms with Gasteiger partial charge in [0.1, 0.15) is 0 Å². The molecule has 0 bridgehead atoms. The van der Waals surface area contributed by atoms with Gasteiger partial charge in [0, 0.05) is 18.8 Å². The van der Waals surface area contributed by atoms with Gasteiger partial charge in [0.2, 0.25) is 0 Å². The Balaban J connectivity index is 2.64. The highest BCUT2D eigenvalue weighted by Gasteiger charge is 2.13. The monoisotopic (exact) mass is 177 g/mol. The van der Waals surface area contributed by atoms with Crippen molar-refractivity contribution in [3.05, 3.63) is 23.7 Å². The van der Waals surface area contributed by atoms with Crippen molar-refractivity contribution in [2.24, 2.45) is 7.05 Å². The summed E-state index contributed by atoms with van der Waals surface area (Å²) in [6, 6.07) is 1.84. The Morgan fingerprint density at radius 2 is 2.15 bits per heavy atom. The van der Waals surface area contributed by atoms with Gasteiger partial charge in [-0.1, -0.05) is 5.16 Å². The van der Waals surface area contributed by atoms with E-state index in [1.54, 1.807) is 6.20 Å². The quantitative estimate of drug-likeness (QED) is 0.665. The summed E-state index contributed by atoms with van der Waals surface area (Å²) in [5.41, 5.74) is 3.10. The van der Waals surface area contributed by atoms with E-state index in [1.807, 2.05) is 31.6 Å². The highest BCUT2D eigenvalue weighted by atomic mass is 16.5. The molecule has 2 aromatic rings. The van der Waals surface area contributed by atoms with Crippen molar-refractivity contribution in [3.63, 3.8) is 0 Å². The van der Waals surface area contributed by atoms with Crippen LogP contribution in [-0.2, 0) is 7.05 Å². The van der Waals surface area contributed by atoms with Crippen molar-refractivity contribution in [1.29, 1.82) is 0 Å². The smallest absolute Gasteiger partial charge is 0.170 e. The lowest BCUT2D eigenvalue weighted by atomic mass is 10.1. The SMILES string of the molecule is Cc1nn(C)c(C)c1-c1ccno1. The average molecular weight is 177 g/mol. The fourth-order valence-electron chi connectivity index (χ4n) is 1.47. The average Bonchev–Trinajstić information content (AvgIpc) is 2.63. The van der Waals surface area contributed by atoms with Crippen LogP contribution in [0.2, 0.25) is 0 Å². The normalized spacial score (nSPS) is 10.7. The van der Waals surface area contributed by atoms with Crippen LogP contribution in [0.4, 0.5) is 0 Å². The molecule has 13 heavy (non-hydrogen) atoms. The molecule has 0 fully saturated rings. The Morgan fingerprint density at radius 1 is 1.38 bits per heavy atom. The predicted octanol–water partition coefficient (Wildman–Crippen LogP) is 1.69. The molecule has 0 spiro atoms. The molecule has 4 heteroatoms. The number of aryl methyl sites for hydroxylation is 2. The van der Waals surface area contributed by atoms with E-state index >= 15 is 0 Å². The van der Waals surface area contributed by atoms with E-state index < -0.39 is 0 Å². The molecule has 2 heterocycles. The third-order valence-electron chi connectivity index (χ3n) is 2.19. The van der Waals surface area contributed by atoms with Crippen molar-refractivity contribution in [2.75, 3.05) is 0 Å². The third kappa shape index (κ3) is 1.14. The zero-order valence-electron chi connectivity index (χ0n) is 7.90. The zero-order valence-corrected chi connectivity index (χ0v) is 7.90. The molecule has 2 rings (SSSR count). The van der Waals surface area contributed by atoms with Gasteiger partial charge in [-0.25, -0.2) is 0 Å². The first-order chi connectivity index (χ1) is 6.20. The minimum atomic E-state index is 0.781. The fourth-order valence-corrected chi connectivity index (χ4v) is 1.47. The Kier molecular flexibility index (Phi) is 1.69. The molecule has 0 atom stereocenters. The predicted molar refractivity (Wildman–Crippen MR) is 48.2 cm³/mol. The van der Waals surface area contributed by atoms with Crippen molar-refractivity contribution in [2.45, 2.75) is 13.8 Å². The van der Waals surface area contributed by atoms with Crippen LogP contribution in [0, 0.1) is 13.8 Å². The summed E-state index contributed by atoms with van der Waals surface area (Å²) in [6.45, 7) is 3.97. The molecule has 0 saturated heterocycles. The largest absolute Gasteiger partial charge is 0.356 e. The molecule has 0 radical (unpaired) electrons. The number of rotatable bonds is 1. The van der Waals surface area contributed by atoms with Gasteiger partial charge in [-0.2, -0.15) is 5.10 Å². The van der Waals surface area contributed by atoms with Crippen LogP contribution in [0.5, 0.6) is 0 Å². The number of nitrogens with zero attached hydrogens (tertiary/aromatic N) is 3. The number of aromatic nitrogens is 3. The summed E-state index contributed by atoms with van der Waals surface area (Å²) in [5.74, 6) is 0.781. The standard InChI is InChI=1S/C9H11N3O/c1-6-9(7(2)12(3)11-6)8-4-5-10-13-8/h4-5H,1-3H3. The first kappa shape index (κ1) is 8.04. The van der Waals surface area contributed by atoms with E-state index in [1.165, 1.54) is 0 Å². The van der Waals surface area contributed by atoms with E-state index in [-0.39, 0.29) is 0 Å². The molecular weight excluding hydrogens is 166 g/mol. The van der Waals surface area contributed by atoms with Gasteiger partial charge in [-0.05, 0) is 13.8 Å². The highest BCUT2D eigenvalue weighted by Crippen LogP contribution is 2.25. The van der Waals surface area contributed by atoms with E-state index in [4.69, 9.17) is 4.52 Å². The molecule has 0 N–H and O–H groups in total. The van der Waals surface area contributed by atoms with Crippen LogP contribution in [0.3, 0.4) is 0 Å². The minimum absolute atomic E-state index is 0.781. The van der Waals surface area contributed by atoms with Gasteiger partial charge in [0.05, 0.1) is 17.5 Å². The second-order valence-electron chi connectivity index (χ2n) is 3.05. The molecule has 2 aromatic heterocycles. The molecule has 0 aliphatic rings. The van der Waals surface area contributed by atoms with Crippen LogP contribution in [0.15, 0.2) is 16.8 Å². The molecule has 0 amide bonds. The highest BCUT2D eigenvalue weighted by molar-refractivity contribution is 5.62. The van der Waals surface area contributed by atoms with Crippen molar-refractivity contribution in [1.82, 2.24) is 14.9 Å². The van der Waals surface area contributed by atoms with E-state index in [9.17, 15) is 0 Å². The summed E-state index contributed by atoms with van der Waals surface area (Å²) >= 11 is 0. The van der Waals surface area contributed by atoms with Gasteiger partial charge in [-0.3, -0.25) is 4.68 Å². The molecule has 68 valence electrons. The summed E-state index contributed by atoms with van der Waals surface area (Å²) in [7, 11) is 1.92. The molecule has 0 aromatic carbocycles. The van der Waals surface area contributed by atoms with Crippen LogP contribution >= 0.6 is 0 Å². The molecule has 0 aliphatic carbocycles. The maximum atomic E-state index is 5.09. The fraction of sp³-hybridized carbons (Fsp3) is 0.333.